The molecule has 0 saturated carbocycles. The molecule has 1 aromatic rings. The molecule has 0 aliphatic heterocycles. The van der Waals surface area contributed by atoms with Gasteiger partial charge in [0.15, 0.2) is 0 Å². The van der Waals surface area contributed by atoms with E-state index < -0.39 is 0 Å². The normalized spacial score (nSPS) is 12.8. The molecule has 2 heteroatoms. The van der Waals surface area contributed by atoms with Gasteiger partial charge in [0.1, 0.15) is 0 Å². The van der Waals surface area contributed by atoms with E-state index in [0.29, 0.717) is 6.04 Å². The lowest BCUT2D eigenvalue weighted by Gasteiger charge is -2.14. The SMILES string of the molecule is COCCC(C)NCc1cc(C)ccc1C. The van der Waals surface area contributed by atoms with E-state index in [1.165, 1.54) is 16.7 Å². The van der Waals surface area contributed by atoms with E-state index in [2.05, 4.69) is 44.3 Å². The molecule has 90 valence electrons. The summed E-state index contributed by atoms with van der Waals surface area (Å²) in [5.74, 6) is 0. The minimum Gasteiger partial charge on any atom is -0.385 e. The van der Waals surface area contributed by atoms with Crippen LogP contribution in [0.3, 0.4) is 0 Å². The second kappa shape index (κ2) is 6.66. The van der Waals surface area contributed by atoms with Crippen LogP contribution in [0.25, 0.3) is 0 Å². The third-order valence-electron chi connectivity index (χ3n) is 2.90. The van der Waals surface area contributed by atoms with E-state index >= 15 is 0 Å². The first-order chi connectivity index (χ1) is 7.63. The van der Waals surface area contributed by atoms with Crippen LogP contribution in [0.2, 0.25) is 0 Å². The number of hydrogen-bond donors (Lipinski definition) is 1. The Hall–Kier alpha value is -0.860. The Morgan fingerprint density at radius 1 is 1.31 bits per heavy atom. The average molecular weight is 221 g/mol. The fourth-order valence-corrected chi connectivity index (χ4v) is 1.67. The molecule has 1 unspecified atom stereocenters. The molecule has 0 amide bonds. The van der Waals surface area contributed by atoms with Crippen molar-refractivity contribution in [2.45, 2.75) is 39.8 Å². The van der Waals surface area contributed by atoms with Gasteiger partial charge in [-0.3, -0.25) is 0 Å². The van der Waals surface area contributed by atoms with Gasteiger partial charge >= 0.3 is 0 Å². The lowest BCUT2D eigenvalue weighted by atomic mass is 10.1. The van der Waals surface area contributed by atoms with Crippen molar-refractivity contribution in [2.24, 2.45) is 0 Å². The Morgan fingerprint density at radius 2 is 2.06 bits per heavy atom. The first-order valence-electron chi connectivity index (χ1n) is 5.92. The highest BCUT2D eigenvalue weighted by Gasteiger charge is 2.03. The van der Waals surface area contributed by atoms with Crippen LogP contribution in [0.1, 0.15) is 30.0 Å². The Kier molecular flexibility index (Phi) is 5.50. The second-order valence-corrected chi connectivity index (χ2v) is 4.49. The third kappa shape index (κ3) is 4.33. The number of nitrogens with one attached hydrogen (secondary N) is 1. The van der Waals surface area contributed by atoms with Crippen molar-refractivity contribution in [2.75, 3.05) is 13.7 Å². The smallest absolute Gasteiger partial charge is 0.0476 e. The van der Waals surface area contributed by atoms with Gasteiger partial charge < -0.3 is 10.1 Å². The van der Waals surface area contributed by atoms with Crippen molar-refractivity contribution in [1.29, 1.82) is 0 Å². The van der Waals surface area contributed by atoms with Gasteiger partial charge in [0.25, 0.3) is 0 Å². The van der Waals surface area contributed by atoms with Gasteiger partial charge in [-0.25, -0.2) is 0 Å². The van der Waals surface area contributed by atoms with Crippen molar-refractivity contribution in [3.05, 3.63) is 34.9 Å². The average Bonchev–Trinajstić information content (AvgIpc) is 2.27. The summed E-state index contributed by atoms with van der Waals surface area (Å²) in [5, 5.41) is 3.52. The van der Waals surface area contributed by atoms with Crippen molar-refractivity contribution >= 4 is 0 Å². The molecule has 1 atom stereocenters. The lowest BCUT2D eigenvalue weighted by Crippen LogP contribution is -2.27. The fraction of sp³-hybridized carbons (Fsp3) is 0.571. The van der Waals surface area contributed by atoms with Crippen LogP contribution in [-0.2, 0) is 11.3 Å². The zero-order valence-electron chi connectivity index (χ0n) is 10.8. The van der Waals surface area contributed by atoms with Crippen LogP contribution in [0.5, 0.6) is 0 Å². The van der Waals surface area contributed by atoms with E-state index in [9.17, 15) is 0 Å². The van der Waals surface area contributed by atoms with Crippen LogP contribution in [0, 0.1) is 13.8 Å². The van der Waals surface area contributed by atoms with Crippen LogP contribution in [0.4, 0.5) is 0 Å². The number of methoxy groups -OCH3 is 1. The summed E-state index contributed by atoms with van der Waals surface area (Å²) >= 11 is 0. The van der Waals surface area contributed by atoms with Crippen LogP contribution < -0.4 is 5.32 Å². The van der Waals surface area contributed by atoms with Gasteiger partial charge in [-0.15, -0.1) is 0 Å². The molecule has 0 aromatic heterocycles. The highest BCUT2D eigenvalue weighted by Crippen LogP contribution is 2.10. The number of hydrogen-bond acceptors (Lipinski definition) is 2. The van der Waals surface area contributed by atoms with Crippen molar-refractivity contribution < 1.29 is 4.74 Å². The van der Waals surface area contributed by atoms with E-state index in [-0.39, 0.29) is 0 Å². The summed E-state index contributed by atoms with van der Waals surface area (Å²) in [6, 6.07) is 7.10. The Bertz CT molecular complexity index is 323. The predicted octanol–water partition coefficient (Wildman–Crippen LogP) is 2.82. The molecule has 0 fully saturated rings. The van der Waals surface area contributed by atoms with Crippen LogP contribution in [0.15, 0.2) is 18.2 Å². The summed E-state index contributed by atoms with van der Waals surface area (Å²) < 4.78 is 5.07. The molecule has 0 radical (unpaired) electrons. The first kappa shape index (κ1) is 13.2. The van der Waals surface area contributed by atoms with E-state index in [0.717, 1.165) is 19.6 Å². The zero-order chi connectivity index (χ0) is 12.0. The number of ether oxygens (including phenoxy) is 1. The van der Waals surface area contributed by atoms with Crippen LogP contribution >= 0.6 is 0 Å². The maximum absolute atomic E-state index is 5.07. The minimum absolute atomic E-state index is 0.500. The highest BCUT2D eigenvalue weighted by molar-refractivity contribution is 5.30. The molecular formula is C14H23NO. The molecule has 16 heavy (non-hydrogen) atoms. The highest BCUT2D eigenvalue weighted by atomic mass is 16.5. The van der Waals surface area contributed by atoms with Gasteiger partial charge in [-0.2, -0.15) is 0 Å². The lowest BCUT2D eigenvalue weighted by molar-refractivity contribution is 0.184. The first-order valence-corrected chi connectivity index (χ1v) is 5.92. The summed E-state index contributed by atoms with van der Waals surface area (Å²) in [6.07, 6.45) is 1.06. The van der Waals surface area contributed by atoms with Gasteiger partial charge in [0.05, 0.1) is 0 Å². The fourth-order valence-electron chi connectivity index (χ4n) is 1.67. The van der Waals surface area contributed by atoms with Gasteiger partial charge in [-0.1, -0.05) is 23.8 Å². The van der Waals surface area contributed by atoms with Gasteiger partial charge in [0, 0.05) is 26.3 Å². The van der Waals surface area contributed by atoms with Gasteiger partial charge in [-0.05, 0) is 38.3 Å². The molecule has 1 N–H and O–H groups in total. The summed E-state index contributed by atoms with van der Waals surface area (Å²) in [5.41, 5.74) is 4.08. The maximum atomic E-state index is 5.07. The Balaban J connectivity index is 2.44. The molecule has 1 rings (SSSR count). The van der Waals surface area contributed by atoms with Crippen molar-refractivity contribution in [3.8, 4) is 0 Å². The largest absolute Gasteiger partial charge is 0.385 e. The zero-order valence-corrected chi connectivity index (χ0v) is 10.8. The summed E-state index contributed by atoms with van der Waals surface area (Å²) in [6.45, 7) is 8.26. The quantitative estimate of drug-likeness (QED) is 0.797. The molecule has 1 aromatic carbocycles. The molecule has 0 heterocycles. The Morgan fingerprint density at radius 3 is 2.75 bits per heavy atom. The maximum Gasteiger partial charge on any atom is 0.0476 e. The standard InChI is InChI=1S/C14H23NO/c1-11-5-6-12(2)14(9-11)10-15-13(3)7-8-16-4/h5-6,9,13,15H,7-8,10H2,1-4H3. The van der Waals surface area contributed by atoms with Crippen molar-refractivity contribution in [3.63, 3.8) is 0 Å². The number of rotatable bonds is 6. The summed E-state index contributed by atoms with van der Waals surface area (Å²) in [7, 11) is 1.75. The Labute approximate surface area is 99.0 Å². The molecular weight excluding hydrogens is 198 g/mol. The number of benzene rings is 1. The van der Waals surface area contributed by atoms with Crippen molar-refractivity contribution in [1.82, 2.24) is 5.32 Å². The molecule has 0 saturated heterocycles. The van der Waals surface area contributed by atoms with Gasteiger partial charge in [0.2, 0.25) is 0 Å². The molecule has 0 aliphatic carbocycles. The minimum atomic E-state index is 0.500. The topological polar surface area (TPSA) is 21.3 Å². The third-order valence-corrected chi connectivity index (χ3v) is 2.90. The predicted molar refractivity (Wildman–Crippen MR) is 68.7 cm³/mol. The number of aryl methyl sites for hydroxylation is 2. The molecule has 2 nitrogen and oxygen atoms in total. The molecule has 0 bridgehead atoms. The molecule has 0 spiro atoms. The summed E-state index contributed by atoms with van der Waals surface area (Å²) in [4.78, 5) is 0. The van der Waals surface area contributed by atoms with E-state index in [4.69, 9.17) is 4.74 Å². The monoisotopic (exact) mass is 221 g/mol. The van der Waals surface area contributed by atoms with E-state index in [1.807, 2.05) is 0 Å². The second-order valence-electron chi connectivity index (χ2n) is 4.49. The van der Waals surface area contributed by atoms with Crippen LogP contribution in [-0.4, -0.2) is 19.8 Å². The molecule has 0 aliphatic rings. The van der Waals surface area contributed by atoms with E-state index in [1.54, 1.807) is 7.11 Å².